The molecule has 0 fully saturated rings. The van der Waals surface area contributed by atoms with E-state index in [1.807, 2.05) is 6.92 Å². The van der Waals surface area contributed by atoms with Crippen LogP contribution in [0.2, 0.25) is 0 Å². The molecule has 4 heteroatoms. The summed E-state index contributed by atoms with van der Waals surface area (Å²) in [5.74, 6) is -0.599. The molecule has 96 valence electrons. The van der Waals surface area contributed by atoms with Crippen LogP contribution >= 0.6 is 0 Å². The molecule has 0 radical (unpaired) electrons. The molecule has 18 heavy (non-hydrogen) atoms. The quantitative estimate of drug-likeness (QED) is 0.898. The van der Waals surface area contributed by atoms with Gasteiger partial charge in [0.15, 0.2) is 0 Å². The average molecular weight is 251 g/mol. The van der Waals surface area contributed by atoms with Gasteiger partial charge in [0, 0.05) is 5.56 Å². The van der Waals surface area contributed by atoms with E-state index in [2.05, 4.69) is 5.32 Å². The number of aryl methyl sites for hydroxylation is 1. The Morgan fingerprint density at radius 2 is 2.06 bits per heavy atom. The number of hydrogen-bond donors (Lipinski definition) is 1. The molecule has 1 aromatic heterocycles. The largest absolute Gasteiger partial charge is 0.467 e. The highest BCUT2D eigenvalue weighted by molar-refractivity contribution is 5.33. The van der Waals surface area contributed by atoms with Crippen LogP contribution in [0.25, 0.3) is 0 Å². The SMILES string of the molecule is CCNC(c1ccco1)c1c(F)ccc(C)c1F. The summed E-state index contributed by atoms with van der Waals surface area (Å²) in [5.41, 5.74) is 0.424. The summed E-state index contributed by atoms with van der Waals surface area (Å²) in [4.78, 5) is 0. The molecular formula is C14H15F2NO. The van der Waals surface area contributed by atoms with Crippen LogP contribution in [0.3, 0.4) is 0 Å². The van der Waals surface area contributed by atoms with Crippen molar-refractivity contribution in [1.82, 2.24) is 5.32 Å². The lowest BCUT2D eigenvalue weighted by molar-refractivity contribution is 0.426. The van der Waals surface area contributed by atoms with Gasteiger partial charge in [-0.3, -0.25) is 0 Å². The summed E-state index contributed by atoms with van der Waals surface area (Å²) >= 11 is 0. The van der Waals surface area contributed by atoms with E-state index in [4.69, 9.17) is 4.42 Å². The molecule has 0 saturated heterocycles. The molecule has 1 unspecified atom stereocenters. The van der Waals surface area contributed by atoms with Gasteiger partial charge in [-0.1, -0.05) is 13.0 Å². The third-order valence-electron chi connectivity index (χ3n) is 2.84. The van der Waals surface area contributed by atoms with Gasteiger partial charge >= 0.3 is 0 Å². The Morgan fingerprint density at radius 3 is 2.67 bits per heavy atom. The molecule has 2 aromatic rings. The third-order valence-corrected chi connectivity index (χ3v) is 2.84. The van der Waals surface area contributed by atoms with Gasteiger partial charge in [0.05, 0.1) is 12.3 Å². The van der Waals surface area contributed by atoms with E-state index in [9.17, 15) is 8.78 Å². The first-order chi connectivity index (χ1) is 8.65. The fraction of sp³-hybridized carbons (Fsp3) is 0.286. The van der Waals surface area contributed by atoms with Crippen molar-refractivity contribution in [2.45, 2.75) is 19.9 Å². The number of nitrogens with one attached hydrogen (secondary N) is 1. The van der Waals surface area contributed by atoms with Gasteiger partial charge in [-0.15, -0.1) is 0 Å². The molecule has 1 atom stereocenters. The molecule has 2 rings (SSSR count). The molecule has 0 bridgehead atoms. The summed E-state index contributed by atoms with van der Waals surface area (Å²) in [6.45, 7) is 4.07. The first-order valence-corrected chi connectivity index (χ1v) is 5.86. The smallest absolute Gasteiger partial charge is 0.134 e. The van der Waals surface area contributed by atoms with Crippen LogP contribution in [0.4, 0.5) is 8.78 Å². The summed E-state index contributed by atoms with van der Waals surface area (Å²) in [5, 5.41) is 3.04. The van der Waals surface area contributed by atoms with Crippen LogP contribution in [-0.4, -0.2) is 6.54 Å². The van der Waals surface area contributed by atoms with Gasteiger partial charge in [-0.25, -0.2) is 8.78 Å². The van der Waals surface area contributed by atoms with Crippen LogP contribution in [-0.2, 0) is 0 Å². The summed E-state index contributed by atoms with van der Waals surface area (Å²) < 4.78 is 33.2. The maximum Gasteiger partial charge on any atom is 0.134 e. The van der Waals surface area contributed by atoms with E-state index >= 15 is 0 Å². The Bertz CT molecular complexity index is 523. The zero-order valence-electron chi connectivity index (χ0n) is 10.3. The zero-order chi connectivity index (χ0) is 13.1. The number of halogens is 2. The van der Waals surface area contributed by atoms with E-state index in [-0.39, 0.29) is 5.56 Å². The van der Waals surface area contributed by atoms with Crippen LogP contribution in [0.15, 0.2) is 34.9 Å². The minimum atomic E-state index is -0.607. The summed E-state index contributed by atoms with van der Waals surface area (Å²) in [6.07, 6.45) is 1.49. The molecule has 0 saturated carbocycles. The second-order valence-corrected chi connectivity index (χ2v) is 4.10. The molecule has 0 amide bonds. The minimum absolute atomic E-state index is 0.00630. The van der Waals surface area contributed by atoms with Crippen LogP contribution < -0.4 is 5.32 Å². The van der Waals surface area contributed by atoms with Crippen LogP contribution in [0, 0.1) is 18.6 Å². The van der Waals surface area contributed by atoms with Crippen molar-refractivity contribution in [1.29, 1.82) is 0 Å². The van der Waals surface area contributed by atoms with Crippen molar-refractivity contribution >= 4 is 0 Å². The molecule has 0 aliphatic heterocycles. The van der Waals surface area contributed by atoms with Crippen molar-refractivity contribution in [2.75, 3.05) is 6.54 Å². The third kappa shape index (κ3) is 2.29. The van der Waals surface area contributed by atoms with Crippen molar-refractivity contribution in [2.24, 2.45) is 0 Å². The first-order valence-electron chi connectivity index (χ1n) is 5.86. The van der Waals surface area contributed by atoms with Gasteiger partial charge in [0.1, 0.15) is 17.4 Å². The Morgan fingerprint density at radius 1 is 1.28 bits per heavy atom. The second-order valence-electron chi connectivity index (χ2n) is 4.10. The minimum Gasteiger partial charge on any atom is -0.467 e. The van der Waals surface area contributed by atoms with Crippen LogP contribution in [0.1, 0.15) is 29.9 Å². The van der Waals surface area contributed by atoms with E-state index < -0.39 is 17.7 Å². The second kappa shape index (κ2) is 5.31. The molecule has 0 spiro atoms. The van der Waals surface area contributed by atoms with Crippen molar-refractivity contribution < 1.29 is 13.2 Å². The van der Waals surface area contributed by atoms with E-state index in [1.54, 1.807) is 19.1 Å². The van der Waals surface area contributed by atoms with Crippen molar-refractivity contribution in [3.8, 4) is 0 Å². The Hall–Kier alpha value is -1.68. The maximum atomic E-state index is 14.1. The molecule has 1 heterocycles. The standard InChI is InChI=1S/C14H15F2NO/c1-3-17-14(11-5-4-8-18-11)12-10(15)7-6-9(2)13(12)16/h4-8,14,17H,3H2,1-2H3. The predicted molar refractivity (Wildman–Crippen MR) is 65.3 cm³/mol. The lowest BCUT2D eigenvalue weighted by Crippen LogP contribution is -2.24. The molecule has 0 aliphatic rings. The number of benzene rings is 1. The van der Waals surface area contributed by atoms with E-state index in [0.29, 0.717) is 17.9 Å². The molecule has 0 aliphatic carbocycles. The summed E-state index contributed by atoms with van der Waals surface area (Å²) in [6, 6.07) is 5.50. The Balaban J connectivity index is 2.52. The fourth-order valence-corrected chi connectivity index (χ4v) is 1.95. The van der Waals surface area contributed by atoms with Gasteiger partial charge < -0.3 is 9.73 Å². The fourth-order valence-electron chi connectivity index (χ4n) is 1.95. The van der Waals surface area contributed by atoms with Gasteiger partial charge in [0.2, 0.25) is 0 Å². The highest BCUT2D eigenvalue weighted by Crippen LogP contribution is 2.28. The molecular weight excluding hydrogens is 236 g/mol. The Kier molecular flexibility index (Phi) is 3.77. The monoisotopic (exact) mass is 251 g/mol. The lowest BCUT2D eigenvalue weighted by Gasteiger charge is -2.18. The lowest BCUT2D eigenvalue weighted by atomic mass is 10.0. The van der Waals surface area contributed by atoms with Crippen LogP contribution in [0.5, 0.6) is 0 Å². The highest BCUT2D eigenvalue weighted by atomic mass is 19.1. The van der Waals surface area contributed by atoms with Gasteiger partial charge in [-0.2, -0.15) is 0 Å². The number of furan rings is 1. The van der Waals surface area contributed by atoms with Gasteiger partial charge in [0.25, 0.3) is 0 Å². The predicted octanol–water partition coefficient (Wildman–Crippen LogP) is 3.57. The Labute approximate surface area is 105 Å². The van der Waals surface area contributed by atoms with Crippen molar-refractivity contribution in [3.05, 3.63) is 59.1 Å². The first kappa shape index (κ1) is 12.8. The van der Waals surface area contributed by atoms with E-state index in [0.717, 1.165) is 0 Å². The molecule has 1 aromatic carbocycles. The maximum absolute atomic E-state index is 14.1. The number of rotatable bonds is 4. The summed E-state index contributed by atoms with van der Waals surface area (Å²) in [7, 11) is 0. The average Bonchev–Trinajstić information content (AvgIpc) is 2.87. The van der Waals surface area contributed by atoms with Crippen molar-refractivity contribution in [3.63, 3.8) is 0 Å². The highest BCUT2D eigenvalue weighted by Gasteiger charge is 2.24. The topological polar surface area (TPSA) is 25.2 Å². The number of hydrogen-bond acceptors (Lipinski definition) is 2. The zero-order valence-corrected chi connectivity index (χ0v) is 10.3. The molecule has 2 nitrogen and oxygen atoms in total. The molecule has 1 N–H and O–H groups in total. The van der Waals surface area contributed by atoms with E-state index in [1.165, 1.54) is 18.4 Å². The normalized spacial score (nSPS) is 12.7. The van der Waals surface area contributed by atoms with Gasteiger partial charge in [-0.05, 0) is 37.2 Å².